The van der Waals surface area contributed by atoms with E-state index in [9.17, 15) is 14.4 Å². The van der Waals surface area contributed by atoms with Gasteiger partial charge in [-0.15, -0.1) is 0 Å². The molecule has 7 heteroatoms. The fraction of sp³-hybridized carbons (Fsp3) is 0.100. The molecular weight excluding hydrogens is 349 g/mol. The highest BCUT2D eigenvalue weighted by molar-refractivity contribution is 5.89. The molecule has 1 aromatic heterocycles. The number of nitrogen functional groups attached to an aromatic ring is 1. The lowest BCUT2D eigenvalue weighted by atomic mass is 10.2. The van der Waals surface area contributed by atoms with Crippen LogP contribution in [0.5, 0.6) is 11.6 Å². The molecule has 2 aromatic carbocycles. The number of methoxy groups -OCH3 is 1. The zero-order valence-corrected chi connectivity index (χ0v) is 14.5. The predicted molar refractivity (Wildman–Crippen MR) is 96.9 cm³/mol. The van der Waals surface area contributed by atoms with Gasteiger partial charge < -0.3 is 15.2 Å². The molecule has 3 rings (SSSR count). The maximum absolute atomic E-state index is 13.5. The molecule has 3 aromatic rings. The van der Waals surface area contributed by atoms with Gasteiger partial charge in [0, 0.05) is 6.07 Å². The number of halogens is 1. The maximum atomic E-state index is 13.5. The Bertz CT molecular complexity index is 1020. The second-order valence-electron chi connectivity index (χ2n) is 5.74. The van der Waals surface area contributed by atoms with E-state index in [2.05, 4.69) is 10.8 Å². The van der Waals surface area contributed by atoms with Crippen LogP contribution in [0.25, 0.3) is 0 Å². The van der Waals surface area contributed by atoms with Crippen molar-refractivity contribution in [1.82, 2.24) is 4.57 Å². The van der Waals surface area contributed by atoms with Gasteiger partial charge in [0.25, 0.3) is 0 Å². The van der Waals surface area contributed by atoms with E-state index >= 15 is 0 Å². The van der Waals surface area contributed by atoms with E-state index in [1.165, 1.54) is 25.3 Å². The Morgan fingerprint density at radius 1 is 1.22 bits per heavy atom. The summed E-state index contributed by atoms with van der Waals surface area (Å²) in [6, 6.07) is 15.9. The van der Waals surface area contributed by atoms with Crippen molar-refractivity contribution in [3.05, 3.63) is 77.2 Å². The van der Waals surface area contributed by atoms with Gasteiger partial charge in [0.15, 0.2) is 0 Å². The highest BCUT2D eigenvalue weighted by Gasteiger charge is 2.16. The van der Waals surface area contributed by atoms with Gasteiger partial charge in [-0.2, -0.15) is 5.26 Å². The fourth-order valence-electron chi connectivity index (χ4n) is 2.62. The number of benzene rings is 2. The molecule has 0 radical (unpaired) electrons. The van der Waals surface area contributed by atoms with Gasteiger partial charge in [0.1, 0.15) is 23.3 Å². The Balaban J connectivity index is 1.92. The van der Waals surface area contributed by atoms with Crippen LogP contribution < -0.4 is 10.5 Å². The minimum absolute atomic E-state index is 0.216. The van der Waals surface area contributed by atoms with Crippen LogP contribution >= 0.6 is 0 Å². The van der Waals surface area contributed by atoms with E-state index < -0.39 is 5.97 Å². The first-order chi connectivity index (χ1) is 13.0. The van der Waals surface area contributed by atoms with E-state index in [-0.39, 0.29) is 29.6 Å². The Kier molecular flexibility index (Phi) is 5.08. The molecule has 0 amide bonds. The van der Waals surface area contributed by atoms with Crippen LogP contribution in [0.2, 0.25) is 0 Å². The Labute approximate surface area is 155 Å². The summed E-state index contributed by atoms with van der Waals surface area (Å²) in [6.45, 7) is 0.216. The van der Waals surface area contributed by atoms with Crippen molar-refractivity contribution in [3.8, 4) is 17.7 Å². The molecule has 6 nitrogen and oxygen atoms in total. The second kappa shape index (κ2) is 7.62. The number of hydrogen-bond donors (Lipinski definition) is 1. The van der Waals surface area contributed by atoms with Gasteiger partial charge >= 0.3 is 5.97 Å². The first kappa shape index (κ1) is 18.0. The minimum atomic E-state index is -0.456. The van der Waals surface area contributed by atoms with Crippen molar-refractivity contribution < 1.29 is 18.7 Å². The average Bonchev–Trinajstić information content (AvgIpc) is 2.97. The molecule has 0 aliphatic rings. The SMILES string of the molecule is COC(=O)c1ccc(Oc2c(N)cc(C#N)n2Cc2cccc(F)c2)cc1. The highest BCUT2D eigenvalue weighted by Crippen LogP contribution is 2.32. The summed E-state index contributed by atoms with van der Waals surface area (Å²) in [4.78, 5) is 11.5. The first-order valence-corrected chi connectivity index (χ1v) is 8.01. The smallest absolute Gasteiger partial charge is 0.337 e. The number of nitrogens with zero attached hydrogens (tertiary/aromatic N) is 2. The van der Waals surface area contributed by atoms with E-state index in [4.69, 9.17) is 10.5 Å². The summed E-state index contributed by atoms with van der Waals surface area (Å²) in [5, 5.41) is 9.37. The van der Waals surface area contributed by atoms with E-state index in [1.54, 1.807) is 41.0 Å². The number of hydrogen-bond acceptors (Lipinski definition) is 5. The molecule has 0 spiro atoms. The monoisotopic (exact) mass is 365 g/mol. The van der Waals surface area contributed by atoms with Crippen molar-refractivity contribution in [2.45, 2.75) is 6.54 Å². The van der Waals surface area contributed by atoms with Crippen molar-refractivity contribution >= 4 is 11.7 Å². The molecule has 0 atom stereocenters. The number of anilines is 1. The Morgan fingerprint density at radius 2 is 1.96 bits per heavy atom. The lowest BCUT2D eigenvalue weighted by Crippen LogP contribution is -2.05. The summed E-state index contributed by atoms with van der Waals surface area (Å²) in [6.07, 6.45) is 0. The topological polar surface area (TPSA) is 90.3 Å². The summed E-state index contributed by atoms with van der Waals surface area (Å²) in [7, 11) is 1.30. The molecule has 1 heterocycles. The van der Waals surface area contributed by atoms with Crippen molar-refractivity contribution in [2.24, 2.45) is 0 Å². The van der Waals surface area contributed by atoms with E-state index in [1.807, 2.05) is 0 Å². The average molecular weight is 365 g/mol. The number of ether oxygens (including phenoxy) is 2. The molecule has 0 unspecified atom stereocenters. The molecule has 0 aliphatic carbocycles. The number of nitrogens with two attached hydrogens (primary N) is 1. The lowest BCUT2D eigenvalue weighted by Gasteiger charge is -2.13. The molecule has 27 heavy (non-hydrogen) atoms. The van der Waals surface area contributed by atoms with E-state index in [0.717, 1.165) is 0 Å². The van der Waals surface area contributed by atoms with Crippen LogP contribution in [-0.2, 0) is 11.3 Å². The predicted octanol–water partition coefficient (Wildman–Crippen LogP) is 3.71. The zero-order valence-electron chi connectivity index (χ0n) is 14.5. The molecule has 136 valence electrons. The zero-order chi connectivity index (χ0) is 19.4. The largest absolute Gasteiger partial charge is 0.465 e. The first-order valence-electron chi connectivity index (χ1n) is 8.01. The second-order valence-corrected chi connectivity index (χ2v) is 5.74. The number of nitriles is 1. The lowest BCUT2D eigenvalue weighted by molar-refractivity contribution is 0.0600. The van der Waals surface area contributed by atoms with Crippen LogP contribution in [0, 0.1) is 17.1 Å². The molecule has 2 N–H and O–H groups in total. The number of carbonyl (C=O) groups excluding carboxylic acids is 1. The fourth-order valence-corrected chi connectivity index (χ4v) is 2.62. The van der Waals surface area contributed by atoms with Gasteiger partial charge in [-0.3, -0.25) is 4.57 Å². The molecule has 0 fully saturated rings. The molecular formula is C20H16FN3O3. The van der Waals surface area contributed by atoms with Crippen molar-refractivity contribution in [2.75, 3.05) is 12.8 Å². The van der Waals surface area contributed by atoms with Crippen LogP contribution in [-0.4, -0.2) is 17.6 Å². The van der Waals surface area contributed by atoms with E-state index in [0.29, 0.717) is 16.9 Å². The summed E-state index contributed by atoms with van der Waals surface area (Å²) >= 11 is 0. The third kappa shape index (κ3) is 3.90. The quantitative estimate of drug-likeness (QED) is 0.696. The van der Waals surface area contributed by atoms with Crippen LogP contribution in [0.3, 0.4) is 0 Å². The van der Waals surface area contributed by atoms with Gasteiger partial charge in [0.05, 0.1) is 24.9 Å². The highest BCUT2D eigenvalue weighted by atomic mass is 19.1. The molecule has 0 aliphatic heterocycles. The van der Waals surface area contributed by atoms with Crippen molar-refractivity contribution in [3.63, 3.8) is 0 Å². The van der Waals surface area contributed by atoms with Gasteiger partial charge in [-0.25, -0.2) is 9.18 Å². The van der Waals surface area contributed by atoms with Gasteiger partial charge in [0.2, 0.25) is 5.88 Å². The van der Waals surface area contributed by atoms with Crippen molar-refractivity contribution in [1.29, 1.82) is 5.26 Å². The molecule has 0 saturated heterocycles. The Hall–Kier alpha value is -3.79. The Morgan fingerprint density at radius 3 is 2.59 bits per heavy atom. The summed E-state index contributed by atoms with van der Waals surface area (Å²) < 4.78 is 25.5. The summed E-state index contributed by atoms with van der Waals surface area (Å²) in [5.74, 6) is -0.131. The number of carbonyl (C=O) groups is 1. The molecule has 0 bridgehead atoms. The molecule has 0 saturated carbocycles. The van der Waals surface area contributed by atoms with Crippen LogP contribution in [0.4, 0.5) is 10.1 Å². The van der Waals surface area contributed by atoms with Gasteiger partial charge in [-0.1, -0.05) is 12.1 Å². The summed E-state index contributed by atoms with van der Waals surface area (Å²) in [5.41, 5.74) is 7.61. The van der Waals surface area contributed by atoms with Crippen LogP contribution in [0.15, 0.2) is 54.6 Å². The van der Waals surface area contributed by atoms with Gasteiger partial charge in [-0.05, 0) is 42.0 Å². The third-order valence-electron chi connectivity index (χ3n) is 3.91. The maximum Gasteiger partial charge on any atom is 0.337 e. The number of esters is 1. The minimum Gasteiger partial charge on any atom is -0.465 e. The normalized spacial score (nSPS) is 10.3. The number of rotatable bonds is 5. The number of aromatic nitrogens is 1. The standard InChI is InChI=1S/C20H16FN3O3/c1-26-20(25)14-5-7-17(8-6-14)27-19-18(23)10-16(11-22)24(19)12-13-3-2-4-15(21)9-13/h2-10H,12,23H2,1H3. The third-order valence-corrected chi connectivity index (χ3v) is 3.91. The van der Waals surface area contributed by atoms with Crippen LogP contribution in [0.1, 0.15) is 21.6 Å².